The van der Waals surface area contributed by atoms with Crippen LogP contribution in [0.4, 0.5) is 5.69 Å². The van der Waals surface area contributed by atoms with E-state index in [1.807, 2.05) is 62.4 Å². The zero-order valence-corrected chi connectivity index (χ0v) is 18.3. The summed E-state index contributed by atoms with van der Waals surface area (Å²) >= 11 is 0. The van der Waals surface area contributed by atoms with Crippen LogP contribution in [0.15, 0.2) is 53.5 Å². The molecular formula is C19H26IN3O2S. The molecule has 0 amide bonds. The number of nitrogens with two attached hydrogens (primary N) is 1. The highest BCUT2D eigenvalue weighted by Gasteiger charge is 2.11. The van der Waals surface area contributed by atoms with E-state index in [0.717, 1.165) is 11.3 Å². The molecule has 26 heavy (non-hydrogen) atoms. The molecule has 5 nitrogen and oxygen atoms in total. The Morgan fingerprint density at radius 1 is 1.08 bits per heavy atom. The first-order valence-electron chi connectivity index (χ1n) is 8.24. The second kappa shape index (κ2) is 10.5. The Morgan fingerprint density at radius 2 is 1.77 bits per heavy atom. The van der Waals surface area contributed by atoms with Crippen LogP contribution in [0.25, 0.3) is 0 Å². The highest BCUT2D eigenvalue weighted by Crippen LogP contribution is 2.13. The molecule has 2 aromatic carbocycles. The first kappa shape index (κ1) is 22.4. The Balaban J connectivity index is 0.00000338. The Kier molecular flexibility index (Phi) is 9.07. The van der Waals surface area contributed by atoms with Crippen LogP contribution >= 0.6 is 24.0 Å². The van der Waals surface area contributed by atoms with E-state index in [2.05, 4.69) is 10.3 Å². The molecule has 0 atom stereocenters. The largest absolute Gasteiger partial charge is 0.370 e. The van der Waals surface area contributed by atoms with Crippen molar-refractivity contribution in [3.63, 3.8) is 0 Å². The lowest BCUT2D eigenvalue weighted by Crippen LogP contribution is -2.23. The van der Waals surface area contributed by atoms with Gasteiger partial charge in [-0.2, -0.15) is 0 Å². The van der Waals surface area contributed by atoms with Crippen molar-refractivity contribution in [1.29, 1.82) is 0 Å². The number of hydrogen-bond donors (Lipinski definition) is 2. The van der Waals surface area contributed by atoms with Gasteiger partial charge in [0.2, 0.25) is 0 Å². The Morgan fingerprint density at radius 3 is 2.42 bits per heavy atom. The van der Waals surface area contributed by atoms with E-state index in [1.165, 1.54) is 11.1 Å². The average Bonchev–Trinajstić information content (AvgIpc) is 2.56. The lowest BCUT2D eigenvalue weighted by molar-refractivity contribution is 0.593. The molecule has 0 aliphatic rings. The fourth-order valence-electron chi connectivity index (χ4n) is 2.39. The number of benzene rings is 2. The van der Waals surface area contributed by atoms with Gasteiger partial charge in [-0.05, 0) is 49.1 Å². The number of halogens is 1. The molecule has 0 saturated heterocycles. The predicted molar refractivity (Wildman–Crippen MR) is 120 cm³/mol. The second-order valence-corrected chi connectivity index (χ2v) is 8.31. The van der Waals surface area contributed by atoms with Crippen LogP contribution in [0.3, 0.4) is 0 Å². The molecule has 0 radical (unpaired) electrons. The van der Waals surface area contributed by atoms with E-state index in [0.29, 0.717) is 18.9 Å². The summed E-state index contributed by atoms with van der Waals surface area (Å²) in [6.45, 7) is 4.45. The fraction of sp³-hybridized carbons (Fsp3) is 0.316. The minimum Gasteiger partial charge on any atom is -0.370 e. The number of sulfone groups is 1. The molecule has 2 rings (SSSR count). The van der Waals surface area contributed by atoms with E-state index in [9.17, 15) is 8.42 Å². The maximum Gasteiger partial charge on any atom is 0.193 e. The Bertz CT molecular complexity index is 837. The number of aliphatic imine (C=N–C) groups is 1. The number of rotatable bonds is 7. The van der Waals surface area contributed by atoms with Gasteiger partial charge in [0, 0.05) is 12.2 Å². The molecule has 0 heterocycles. The summed E-state index contributed by atoms with van der Waals surface area (Å²) in [6.07, 6.45) is 0.449. The molecule has 2 aromatic rings. The van der Waals surface area contributed by atoms with Crippen molar-refractivity contribution in [2.45, 2.75) is 26.0 Å². The third-order valence-corrected chi connectivity index (χ3v) is 5.59. The van der Waals surface area contributed by atoms with Gasteiger partial charge in [-0.15, -0.1) is 24.0 Å². The molecule has 142 valence electrons. The summed E-state index contributed by atoms with van der Waals surface area (Å²) in [5.74, 6) is 0.458. The van der Waals surface area contributed by atoms with Crippen molar-refractivity contribution in [1.82, 2.24) is 0 Å². The molecule has 0 bridgehead atoms. The normalized spacial score (nSPS) is 11.7. The molecule has 0 saturated carbocycles. The third kappa shape index (κ3) is 7.74. The first-order valence-corrected chi connectivity index (χ1v) is 10.1. The van der Waals surface area contributed by atoms with Gasteiger partial charge in [-0.1, -0.05) is 36.4 Å². The molecule has 0 aromatic heterocycles. The number of guanidine groups is 1. The topological polar surface area (TPSA) is 84.5 Å². The average molecular weight is 487 g/mol. The summed E-state index contributed by atoms with van der Waals surface area (Å²) in [4.78, 5) is 4.20. The molecule has 0 aliphatic heterocycles. The van der Waals surface area contributed by atoms with Crippen LogP contribution in [0.5, 0.6) is 0 Å². The Labute approximate surface area is 173 Å². The van der Waals surface area contributed by atoms with E-state index in [4.69, 9.17) is 5.73 Å². The van der Waals surface area contributed by atoms with Crippen LogP contribution in [-0.2, 0) is 15.6 Å². The second-order valence-electron chi connectivity index (χ2n) is 6.12. The van der Waals surface area contributed by atoms with Crippen molar-refractivity contribution in [3.8, 4) is 0 Å². The minimum atomic E-state index is -3.13. The highest BCUT2D eigenvalue weighted by molar-refractivity contribution is 14.0. The van der Waals surface area contributed by atoms with Crippen molar-refractivity contribution in [2.75, 3.05) is 17.6 Å². The quantitative estimate of drug-likeness (QED) is 0.270. The summed E-state index contributed by atoms with van der Waals surface area (Å²) < 4.78 is 24.2. The summed E-state index contributed by atoms with van der Waals surface area (Å²) in [7, 11) is -3.13. The van der Waals surface area contributed by atoms with Gasteiger partial charge >= 0.3 is 0 Å². The molecule has 0 fully saturated rings. The number of nitrogens with one attached hydrogen (secondary N) is 1. The summed E-state index contributed by atoms with van der Waals surface area (Å²) in [5, 5.41) is 3.03. The minimum absolute atomic E-state index is 0. The smallest absolute Gasteiger partial charge is 0.193 e. The predicted octanol–water partition coefficient (Wildman–Crippen LogP) is 3.65. The van der Waals surface area contributed by atoms with Crippen molar-refractivity contribution in [2.24, 2.45) is 10.7 Å². The van der Waals surface area contributed by atoms with Gasteiger partial charge < -0.3 is 11.1 Å². The van der Waals surface area contributed by atoms with E-state index in [-0.39, 0.29) is 35.5 Å². The molecule has 0 unspecified atom stereocenters. The van der Waals surface area contributed by atoms with Crippen molar-refractivity contribution >= 4 is 45.5 Å². The van der Waals surface area contributed by atoms with Gasteiger partial charge in [-0.25, -0.2) is 8.42 Å². The van der Waals surface area contributed by atoms with Crippen LogP contribution in [0.1, 0.15) is 23.1 Å². The van der Waals surface area contributed by atoms with Crippen LogP contribution in [-0.4, -0.2) is 26.7 Å². The standard InChI is InChI=1S/C19H25N3O2S.HI/c1-15-9-10-18(13-16(15)2)22-19(20)21-11-6-12-25(23,24)14-17-7-4-3-5-8-17;/h3-5,7-10,13H,6,11-12,14H2,1-2H3,(H3,20,21,22);1H. The highest BCUT2D eigenvalue weighted by atomic mass is 127. The fourth-order valence-corrected chi connectivity index (χ4v) is 3.80. The van der Waals surface area contributed by atoms with Gasteiger partial charge in [-0.3, -0.25) is 4.99 Å². The molecule has 7 heteroatoms. The van der Waals surface area contributed by atoms with Crippen molar-refractivity contribution in [3.05, 3.63) is 65.2 Å². The van der Waals surface area contributed by atoms with Gasteiger partial charge in [0.05, 0.1) is 11.5 Å². The third-order valence-electron chi connectivity index (χ3n) is 3.90. The van der Waals surface area contributed by atoms with Crippen LogP contribution in [0, 0.1) is 13.8 Å². The van der Waals surface area contributed by atoms with Gasteiger partial charge in [0.25, 0.3) is 0 Å². The number of anilines is 1. The molecule has 3 N–H and O–H groups in total. The number of nitrogens with zero attached hydrogens (tertiary/aromatic N) is 1. The molecule has 0 aliphatic carbocycles. The van der Waals surface area contributed by atoms with Crippen molar-refractivity contribution < 1.29 is 8.42 Å². The van der Waals surface area contributed by atoms with Crippen LogP contribution in [0.2, 0.25) is 0 Å². The SMILES string of the molecule is Cc1ccc(NC(N)=NCCCS(=O)(=O)Cc2ccccc2)cc1C.I. The maximum absolute atomic E-state index is 12.1. The number of hydrogen-bond acceptors (Lipinski definition) is 3. The summed E-state index contributed by atoms with van der Waals surface area (Å²) in [6, 6.07) is 15.2. The lowest BCUT2D eigenvalue weighted by atomic mass is 10.1. The zero-order chi connectivity index (χ0) is 18.3. The molecule has 0 spiro atoms. The Hall–Kier alpha value is -1.61. The van der Waals surface area contributed by atoms with E-state index in [1.54, 1.807) is 0 Å². The maximum atomic E-state index is 12.1. The monoisotopic (exact) mass is 487 g/mol. The zero-order valence-electron chi connectivity index (χ0n) is 15.1. The van der Waals surface area contributed by atoms with E-state index < -0.39 is 9.84 Å². The van der Waals surface area contributed by atoms with Gasteiger partial charge in [0.15, 0.2) is 15.8 Å². The van der Waals surface area contributed by atoms with Gasteiger partial charge in [0.1, 0.15) is 0 Å². The number of aryl methyl sites for hydroxylation is 2. The first-order chi connectivity index (χ1) is 11.9. The van der Waals surface area contributed by atoms with Crippen LogP contribution < -0.4 is 11.1 Å². The lowest BCUT2D eigenvalue weighted by Gasteiger charge is -2.08. The summed E-state index contributed by atoms with van der Waals surface area (Å²) in [5.41, 5.74) is 9.92. The van der Waals surface area contributed by atoms with E-state index >= 15 is 0 Å². The molecular weight excluding hydrogens is 461 g/mol.